The van der Waals surface area contributed by atoms with Crippen molar-refractivity contribution >= 4 is 43.6 Å². The maximum Gasteiger partial charge on any atom is 0.0541 e. The number of aromatic nitrogens is 2. The van der Waals surface area contributed by atoms with Gasteiger partial charge < -0.3 is 9.13 Å². The lowest BCUT2D eigenvalue weighted by Crippen LogP contribution is -2.00. The first kappa shape index (κ1) is 28.2. The molecule has 0 unspecified atom stereocenters. The second-order valence-corrected chi connectivity index (χ2v) is 13.8. The van der Waals surface area contributed by atoms with Crippen molar-refractivity contribution in [2.45, 2.75) is 6.42 Å². The van der Waals surface area contributed by atoms with Gasteiger partial charge in [-0.25, -0.2) is 0 Å². The van der Waals surface area contributed by atoms with Gasteiger partial charge in [0.05, 0.1) is 22.1 Å². The molecule has 0 amide bonds. The number of hydrogen-bond donors (Lipinski definition) is 0. The van der Waals surface area contributed by atoms with E-state index in [4.69, 9.17) is 0 Å². The van der Waals surface area contributed by atoms with Crippen molar-refractivity contribution in [2.24, 2.45) is 0 Å². The summed E-state index contributed by atoms with van der Waals surface area (Å²) in [5.74, 6) is 0. The molecule has 1 aliphatic rings. The molecule has 51 heavy (non-hydrogen) atoms. The summed E-state index contributed by atoms with van der Waals surface area (Å²) in [5.41, 5.74) is 17.5. The van der Waals surface area contributed by atoms with Crippen molar-refractivity contribution in [3.05, 3.63) is 193 Å². The number of rotatable bonds is 4. The zero-order chi connectivity index (χ0) is 33.5. The van der Waals surface area contributed by atoms with E-state index in [-0.39, 0.29) is 0 Å². The van der Waals surface area contributed by atoms with Crippen LogP contribution in [0.5, 0.6) is 0 Å². The third-order valence-electron chi connectivity index (χ3n) is 10.9. The van der Waals surface area contributed by atoms with Gasteiger partial charge in [-0.15, -0.1) is 0 Å². The quantitative estimate of drug-likeness (QED) is 0.180. The van der Waals surface area contributed by atoms with Gasteiger partial charge in [-0.2, -0.15) is 0 Å². The summed E-state index contributed by atoms with van der Waals surface area (Å²) in [6, 6.07) is 67.1. The van der Waals surface area contributed by atoms with Crippen molar-refractivity contribution in [3.8, 4) is 44.8 Å². The van der Waals surface area contributed by atoms with Crippen LogP contribution in [0.15, 0.2) is 182 Å². The Hall–Kier alpha value is -6.64. The SMILES string of the molecule is c1ccc(-c2ccc3c(c2)-c2cc(-c4cc(-n5c6ccccc6c6ccccc65)cc(-n5c6ccccc6c6ccccc65)c4)ccc2C3)cc1. The van der Waals surface area contributed by atoms with Crippen LogP contribution >= 0.6 is 0 Å². The molecule has 0 atom stereocenters. The second kappa shape index (κ2) is 10.9. The van der Waals surface area contributed by atoms with E-state index in [0.29, 0.717) is 0 Å². The minimum absolute atomic E-state index is 0.966. The predicted octanol–water partition coefficient (Wildman–Crippen LogP) is 12.8. The molecule has 2 heteroatoms. The van der Waals surface area contributed by atoms with Gasteiger partial charge in [0.1, 0.15) is 0 Å². The van der Waals surface area contributed by atoms with Crippen molar-refractivity contribution in [1.82, 2.24) is 9.13 Å². The van der Waals surface area contributed by atoms with E-state index in [1.165, 1.54) is 88.1 Å². The standard InChI is InChI=1S/C49H32N2/c1-2-12-32(13-3-1)33-22-24-35-26-36-25-23-34(30-45(36)44(35)29-33)37-27-38(50-46-18-8-4-14-40(46)41-15-5-9-19-47(41)50)31-39(28-37)51-48-20-10-6-16-42(48)43-17-7-11-21-49(43)51/h1-25,27-31H,26H2. The molecule has 238 valence electrons. The third-order valence-corrected chi connectivity index (χ3v) is 10.9. The summed E-state index contributed by atoms with van der Waals surface area (Å²) < 4.78 is 4.89. The van der Waals surface area contributed by atoms with Crippen LogP contribution in [-0.2, 0) is 6.42 Å². The van der Waals surface area contributed by atoms with Gasteiger partial charge in [0.15, 0.2) is 0 Å². The maximum atomic E-state index is 2.44. The minimum atomic E-state index is 0.966. The van der Waals surface area contributed by atoms with Gasteiger partial charge in [0.2, 0.25) is 0 Å². The number of fused-ring (bicyclic) bond motifs is 9. The molecule has 2 nitrogen and oxygen atoms in total. The van der Waals surface area contributed by atoms with Crippen LogP contribution in [0.1, 0.15) is 11.1 Å². The van der Waals surface area contributed by atoms with Gasteiger partial charge >= 0.3 is 0 Å². The Kier molecular flexibility index (Phi) is 6.05. The summed E-state index contributed by atoms with van der Waals surface area (Å²) in [6.45, 7) is 0. The van der Waals surface area contributed by atoms with Crippen molar-refractivity contribution in [1.29, 1.82) is 0 Å². The highest BCUT2D eigenvalue weighted by molar-refractivity contribution is 6.10. The zero-order valence-corrected chi connectivity index (χ0v) is 27.9. The molecule has 2 heterocycles. The number of nitrogens with zero attached hydrogens (tertiary/aromatic N) is 2. The Labute approximate surface area is 296 Å². The van der Waals surface area contributed by atoms with Gasteiger partial charge in [-0.05, 0) is 106 Å². The van der Waals surface area contributed by atoms with E-state index in [1.54, 1.807) is 0 Å². The average molecular weight is 649 g/mol. The molecule has 1 aliphatic carbocycles. The van der Waals surface area contributed by atoms with Gasteiger partial charge in [0, 0.05) is 32.9 Å². The van der Waals surface area contributed by atoms with Crippen LogP contribution in [0.2, 0.25) is 0 Å². The van der Waals surface area contributed by atoms with Gasteiger partial charge in [0.25, 0.3) is 0 Å². The second-order valence-electron chi connectivity index (χ2n) is 13.8. The summed E-state index contributed by atoms with van der Waals surface area (Å²) in [5, 5.41) is 5.06. The molecule has 2 aromatic heterocycles. The summed E-state index contributed by atoms with van der Waals surface area (Å²) >= 11 is 0. The molecule has 0 spiro atoms. The van der Waals surface area contributed by atoms with Crippen LogP contribution in [0, 0.1) is 0 Å². The lowest BCUT2D eigenvalue weighted by Gasteiger charge is -2.16. The van der Waals surface area contributed by atoms with Crippen LogP contribution in [0.25, 0.3) is 88.4 Å². The molecular formula is C49H32N2. The first-order valence-electron chi connectivity index (χ1n) is 17.7. The number of para-hydroxylation sites is 4. The zero-order valence-electron chi connectivity index (χ0n) is 27.9. The number of benzene rings is 8. The van der Waals surface area contributed by atoms with E-state index in [2.05, 4.69) is 191 Å². The summed E-state index contributed by atoms with van der Waals surface area (Å²) in [6.07, 6.45) is 0.966. The largest absolute Gasteiger partial charge is 0.309 e. The molecular weight excluding hydrogens is 617 g/mol. The first-order chi connectivity index (χ1) is 25.3. The van der Waals surface area contributed by atoms with E-state index < -0.39 is 0 Å². The fraction of sp³-hybridized carbons (Fsp3) is 0.0204. The molecule has 10 aromatic rings. The summed E-state index contributed by atoms with van der Waals surface area (Å²) in [7, 11) is 0. The Morgan fingerprint density at radius 3 is 1.14 bits per heavy atom. The lowest BCUT2D eigenvalue weighted by molar-refractivity contribution is 1.13. The average Bonchev–Trinajstić information content (AvgIpc) is 3.85. The molecule has 0 N–H and O–H groups in total. The Balaban J connectivity index is 1.18. The molecule has 0 fully saturated rings. The molecule has 0 radical (unpaired) electrons. The molecule has 0 bridgehead atoms. The minimum Gasteiger partial charge on any atom is -0.309 e. The third kappa shape index (κ3) is 4.30. The fourth-order valence-electron chi connectivity index (χ4n) is 8.58. The predicted molar refractivity (Wildman–Crippen MR) is 214 cm³/mol. The van der Waals surface area contributed by atoms with Gasteiger partial charge in [-0.3, -0.25) is 0 Å². The Bertz CT molecular complexity index is 2760. The van der Waals surface area contributed by atoms with Crippen LogP contribution in [0.3, 0.4) is 0 Å². The van der Waals surface area contributed by atoms with Crippen molar-refractivity contribution in [2.75, 3.05) is 0 Å². The first-order valence-corrected chi connectivity index (χ1v) is 17.7. The highest BCUT2D eigenvalue weighted by atomic mass is 15.0. The molecule has 8 aromatic carbocycles. The van der Waals surface area contributed by atoms with Crippen molar-refractivity contribution < 1.29 is 0 Å². The highest BCUT2D eigenvalue weighted by Crippen LogP contribution is 2.43. The maximum absolute atomic E-state index is 2.44. The molecule has 11 rings (SSSR count). The van der Waals surface area contributed by atoms with E-state index in [9.17, 15) is 0 Å². The van der Waals surface area contributed by atoms with Crippen LogP contribution < -0.4 is 0 Å². The van der Waals surface area contributed by atoms with E-state index in [0.717, 1.165) is 17.8 Å². The smallest absolute Gasteiger partial charge is 0.0541 e. The monoisotopic (exact) mass is 648 g/mol. The molecule has 0 aliphatic heterocycles. The topological polar surface area (TPSA) is 9.86 Å². The summed E-state index contributed by atoms with van der Waals surface area (Å²) in [4.78, 5) is 0. The molecule has 0 saturated carbocycles. The van der Waals surface area contributed by atoms with Crippen molar-refractivity contribution in [3.63, 3.8) is 0 Å². The normalized spacial score (nSPS) is 12.2. The Morgan fingerprint density at radius 2 is 0.686 bits per heavy atom. The van der Waals surface area contributed by atoms with Crippen LogP contribution in [-0.4, -0.2) is 9.13 Å². The lowest BCUT2D eigenvalue weighted by atomic mass is 9.96. The Morgan fingerprint density at radius 1 is 0.294 bits per heavy atom. The van der Waals surface area contributed by atoms with E-state index in [1.807, 2.05) is 0 Å². The van der Waals surface area contributed by atoms with E-state index >= 15 is 0 Å². The number of hydrogen-bond acceptors (Lipinski definition) is 0. The fourth-order valence-corrected chi connectivity index (χ4v) is 8.58. The van der Waals surface area contributed by atoms with Gasteiger partial charge in [-0.1, -0.05) is 127 Å². The van der Waals surface area contributed by atoms with Crippen LogP contribution in [0.4, 0.5) is 0 Å². The highest BCUT2D eigenvalue weighted by Gasteiger charge is 2.21. The molecule has 0 saturated heterocycles.